The molecule has 1 fully saturated rings. The van der Waals surface area contributed by atoms with Crippen LogP contribution in [0.5, 0.6) is 0 Å². The van der Waals surface area contributed by atoms with Gasteiger partial charge < -0.3 is 10.1 Å². The number of sulfonamides is 1. The Morgan fingerprint density at radius 1 is 1.19 bits per heavy atom. The number of morpholine rings is 1. The van der Waals surface area contributed by atoms with Crippen LogP contribution in [0.2, 0.25) is 0 Å². The predicted molar refractivity (Wildman–Crippen MR) is 93.7 cm³/mol. The monoisotopic (exact) mass is 408 g/mol. The highest BCUT2D eigenvalue weighted by molar-refractivity contribution is 7.89. The van der Waals surface area contributed by atoms with Crippen molar-refractivity contribution in [1.29, 1.82) is 0 Å². The Morgan fingerprint density at radius 2 is 1.78 bits per heavy atom. The summed E-state index contributed by atoms with van der Waals surface area (Å²) in [6.45, 7) is 4.06. The molecule has 10 heteroatoms. The second-order valence-corrected chi connectivity index (χ2v) is 8.88. The van der Waals surface area contributed by atoms with Gasteiger partial charge in [-0.15, -0.1) is 0 Å². The quantitative estimate of drug-likeness (QED) is 0.778. The molecule has 0 aromatic heterocycles. The molecule has 152 valence electrons. The van der Waals surface area contributed by atoms with E-state index >= 15 is 0 Å². The van der Waals surface area contributed by atoms with E-state index in [0.29, 0.717) is 13.2 Å². The van der Waals surface area contributed by atoms with Crippen LogP contribution in [0.25, 0.3) is 0 Å². The van der Waals surface area contributed by atoms with Crippen molar-refractivity contribution in [2.75, 3.05) is 38.6 Å². The standard InChI is InChI=1S/C17H23F3N2O4S/c1-16(2,13-4-3-5-14(12-13)17(18,19)20)15(23)21-6-11-27(24,25)22-7-9-26-10-8-22/h3-5,12H,6-11H2,1-2H3,(H,21,23). The maximum absolute atomic E-state index is 12.9. The van der Waals surface area contributed by atoms with Crippen molar-refractivity contribution in [2.24, 2.45) is 0 Å². The number of benzene rings is 1. The Kier molecular flexibility index (Phi) is 6.54. The predicted octanol–water partition coefficient (Wildman–Crippen LogP) is 1.76. The topological polar surface area (TPSA) is 75.7 Å². The minimum atomic E-state index is -4.51. The second kappa shape index (κ2) is 8.15. The van der Waals surface area contributed by atoms with Gasteiger partial charge in [0.05, 0.1) is 29.9 Å². The van der Waals surface area contributed by atoms with Crippen molar-refractivity contribution in [3.63, 3.8) is 0 Å². The van der Waals surface area contributed by atoms with Gasteiger partial charge in [0, 0.05) is 19.6 Å². The average molecular weight is 408 g/mol. The number of ether oxygens (including phenoxy) is 1. The maximum atomic E-state index is 12.9. The zero-order valence-electron chi connectivity index (χ0n) is 15.2. The lowest BCUT2D eigenvalue weighted by Gasteiger charge is -2.27. The second-order valence-electron chi connectivity index (χ2n) is 6.79. The van der Waals surface area contributed by atoms with Crippen LogP contribution in [-0.2, 0) is 31.1 Å². The van der Waals surface area contributed by atoms with Gasteiger partial charge in [0.1, 0.15) is 0 Å². The fourth-order valence-corrected chi connectivity index (χ4v) is 4.01. The van der Waals surface area contributed by atoms with Crippen molar-refractivity contribution in [3.8, 4) is 0 Å². The Bertz CT molecular complexity index is 773. The molecule has 1 heterocycles. The summed E-state index contributed by atoms with van der Waals surface area (Å²) in [5.41, 5.74) is -1.88. The molecule has 1 aliphatic heterocycles. The molecule has 1 saturated heterocycles. The van der Waals surface area contributed by atoms with Gasteiger partial charge in [-0.05, 0) is 25.5 Å². The first-order chi connectivity index (χ1) is 12.4. The maximum Gasteiger partial charge on any atom is 0.416 e. The van der Waals surface area contributed by atoms with E-state index in [1.54, 1.807) is 0 Å². The highest BCUT2D eigenvalue weighted by Gasteiger charge is 2.35. The zero-order valence-corrected chi connectivity index (χ0v) is 16.0. The summed E-state index contributed by atoms with van der Waals surface area (Å²) in [6, 6.07) is 4.56. The van der Waals surface area contributed by atoms with Gasteiger partial charge in [0.2, 0.25) is 15.9 Å². The largest absolute Gasteiger partial charge is 0.416 e. The SMILES string of the molecule is CC(C)(C(=O)NCCS(=O)(=O)N1CCOCC1)c1cccc(C(F)(F)F)c1. The number of rotatable bonds is 6. The van der Waals surface area contributed by atoms with Crippen LogP contribution in [-0.4, -0.2) is 57.2 Å². The van der Waals surface area contributed by atoms with E-state index in [9.17, 15) is 26.4 Å². The number of hydrogen-bond acceptors (Lipinski definition) is 4. The number of amides is 1. The molecular weight excluding hydrogens is 385 g/mol. The first-order valence-electron chi connectivity index (χ1n) is 8.46. The summed E-state index contributed by atoms with van der Waals surface area (Å²) in [6.07, 6.45) is -4.51. The molecule has 6 nitrogen and oxygen atoms in total. The Morgan fingerprint density at radius 3 is 2.37 bits per heavy atom. The molecule has 0 saturated carbocycles. The van der Waals surface area contributed by atoms with Crippen molar-refractivity contribution < 1.29 is 31.1 Å². The number of hydrogen-bond donors (Lipinski definition) is 1. The molecule has 1 aromatic rings. The van der Waals surface area contributed by atoms with Gasteiger partial charge in [-0.2, -0.15) is 17.5 Å². The lowest BCUT2D eigenvalue weighted by atomic mass is 9.83. The first-order valence-corrected chi connectivity index (χ1v) is 10.1. The summed E-state index contributed by atoms with van der Waals surface area (Å²) in [5.74, 6) is -0.823. The lowest BCUT2D eigenvalue weighted by Crippen LogP contribution is -2.46. The molecule has 1 aliphatic rings. The molecule has 1 N–H and O–H groups in total. The number of carbonyl (C=O) groups excluding carboxylic acids is 1. The van der Waals surface area contributed by atoms with Gasteiger partial charge in [0.15, 0.2) is 0 Å². The third-order valence-electron chi connectivity index (χ3n) is 4.49. The van der Waals surface area contributed by atoms with Crippen LogP contribution in [0.15, 0.2) is 24.3 Å². The number of halogens is 3. The van der Waals surface area contributed by atoms with E-state index in [2.05, 4.69) is 5.32 Å². The minimum absolute atomic E-state index is 0.124. The smallest absolute Gasteiger partial charge is 0.379 e. The van der Waals surface area contributed by atoms with Crippen LogP contribution < -0.4 is 5.32 Å². The molecule has 0 atom stereocenters. The number of nitrogens with one attached hydrogen (secondary N) is 1. The third-order valence-corrected chi connectivity index (χ3v) is 6.36. The fourth-order valence-electron chi connectivity index (χ4n) is 2.68. The van der Waals surface area contributed by atoms with Crippen molar-refractivity contribution in [1.82, 2.24) is 9.62 Å². The molecule has 0 bridgehead atoms. The van der Waals surface area contributed by atoms with Gasteiger partial charge in [-0.25, -0.2) is 8.42 Å². The third kappa shape index (κ3) is 5.43. The lowest BCUT2D eigenvalue weighted by molar-refractivity contribution is -0.137. The molecule has 27 heavy (non-hydrogen) atoms. The van der Waals surface area contributed by atoms with Crippen LogP contribution in [0.1, 0.15) is 25.0 Å². The molecule has 0 radical (unpaired) electrons. The van der Waals surface area contributed by atoms with E-state index in [-0.39, 0.29) is 31.0 Å². The van der Waals surface area contributed by atoms with Crippen LogP contribution in [0, 0.1) is 0 Å². The molecule has 1 aromatic carbocycles. The Labute approximate surface area is 156 Å². The highest BCUT2D eigenvalue weighted by Crippen LogP contribution is 2.32. The first kappa shape index (κ1) is 21.6. The normalized spacial score (nSPS) is 16.9. The van der Waals surface area contributed by atoms with Crippen LogP contribution in [0.3, 0.4) is 0 Å². The van der Waals surface area contributed by atoms with Crippen LogP contribution in [0.4, 0.5) is 13.2 Å². The van der Waals surface area contributed by atoms with Gasteiger partial charge >= 0.3 is 6.18 Å². The zero-order chi connectivity index (χ0) is 20.3. The van der Waals surface area contributed by atoms with Crippen LogP contribution >= 0.6 is 0 Å². The Balaban J connectivity index is 2.00. The highest BCUT2D eigenvalue weighted by atomic mass is 32.2. The van der Waals surface area contributed by atoms with E-state index in [4.69, 9.17) is 4.74 Å². The summed E-state index contributed by atoms with van der Waals surface area (Å²) in [4.78, 5) is 12.5. The number of alkyl halides is 3. The minimum Gasteiger partial charge on any atom is -0.379 e. The Hall–Kier alpha value is -1.65. The van der Waals surface area contributed by atoms with Gasteiger partial charge in [0.25, 0.3) is 0 Å². The molecular formula is C17H23F3N2O4S. The summed E-state index contributed by atoms with van der Waals surface area (Å²) in [5, 5.41) is 2.52. The molecule has 2 rings (SSSR count). The number of carbonyl (C=O) groups is 1. The van der Waals surface area contributed by atoms with Crippen molar-refractivity contribution in [3.05, 3.63) is 35.4 Å². The summed E-state index contributed by atoms with van der Waals surface area (Å²) < 4.78 is 69.5. The van der Waals surface area contributed by atoms with Crippen molar-refractivity contribution >= 4 is 15.9 Å². The van der Waals surface area contributed by atoms with E-state index in [1.165, 1.54) is 30.3 Å². The van der Waals surface area contributed by atoms with E-state index in [1.807, 2.05) is 0 Å². The number of nitrogens with zero attached hydrogens (tertiary/aromatic N) is 1. The van der Waals surface area contributed by atoms with Crippen molar-refractivity contribution in [2.45, 2.75) is 25.4 Å². The fraction of sp³-hybridized carbons (Fsp3) is 0.588. The summed E-state index contributed by atoms with van der Waals surface area (Å²) >= 11 is 0. The van der Waals surface area contributed by atoms with Gasteiger partial charge in [-0.3, -0.25) is 4.79 Å². The van der Waals surface area contributed by atoms with Gasteiger partial charge in [-0.1, -0.05) is 18.2 Å². The molecule has 1 amide bonds. The van der Waals surface area contributed by atoms with E-state index in [0.717, 1.165) is 12.1 Å². The van der Waals surface area contributed by atoms with E-state index < -0.39 is 33.1 Å². The average Bonchev–Trinajstić information content (AvgIpc) is 2.61. The molecule has 0 unspecified atom stereocenters. The summed E-state index contributed by atoms with van der Waals surface area (Å²) in [7, 11) is -3.53. The molecule has 0 spiro atoms. The molecule has 0 aliphatic carbocycles.